The quantitative estimate of drug-likeness (QED) is 0.504. The van der Waals surface area contributed by atoms with Gasteiger partial charge in [-0.25, -0.2) is 4.79 Å². The number of esters is 1. The van der Waals surface area contributed by atoms with Crippen molar-refractivity contribution in [1.82, 2.24) is 15.5 Å². The van der Waals surface area contributed by atoms with Gasteiger partial charge < -0.3 is 29.7 Å². The summed E-state index contributed by atoms with van der Waals surface area (Å²) in [4.78, 5) is 52.4. The minimum Gasteiger partial charge on any atom is -0.497 e. The average Bonchev–Trinajstić information content (AvgIpc) is 2.81. The van der Waals surface area contributed by atoms with Crippen molar-refractivity contribution >= 4 is 23.9 Å². The lowest BCUT2D eigenvalue weighted by Crippen LogP contribution is -2.58. The van der Waals surface area contributed by atoms with Crippen molar-refractivity contribution in [3.63, 3.8) is 0 Å². The molecule has 34 heavy (non-hydrogen) atoms. The first-order valence-corrected chi connectivity index (χ1v) is 11.1. The number of nitrogens with one attached hydrogen (secondary N) is 2. The number of alkyl carbamates (subject to hydrolysis) is 1. The van der Waals surface area contributed by atoms with Gasteiger partial charge in [-0.05, 0) is 49.6 Å². The van der Waals surface area contributed by atoms with Gasteiger partial charge in [-0.1, -0.05) is 26.0 Å². The summed E-state index contributed by atoms with van der Waals surface area (Å²) in [6, 6.07) is 4.70. The van der Waals surface area contributed by atoms with Gasteiger partial charge in [-0.15, -0.1) is 0 Å². The molecule has 10 nitrogen and oxygen atoms in total. The SMILES string of the molecule is COc1cccc([C@H](C)N2C(=O)[C@H](C)NC(=O)OC/C=C\COC(=O)CNC(=O)[C@@H]2C(C)C)c1. The molecule has 2 N–H and O–H groups in total. The highest BCUT2D eigenvalue weighted by atomic mass is 16.5. The Morgan fingerprint density at radius 1 is 1.06 bits per heavy atom. The highest BCUT2D eigenvalue weighted by Crippen LogP contribution is 2.29. The average molecular weight is 476 g/mol. The molecule has 1 aliphatic heterocycles. The van der Waals surface area contributed by atoms with E-state index in [1.807, 2.05) is 6.07 Å². The maximum atomic E-state index is 13.6. The summed E-state index contributed by atoms with van der Waals surface area (Å²) < 4.78 is 15.4. The summed E-state index contributed by atoms with van der Waals surface area (Å²) in [6.07, 6.45) is 2.24. The smallest absolute Gasteiger partial charge is 0.408 e. The molecular weight excluding hydrogens is 442 g/mol. The number of rotatable bonds is 4. The van der Waals surface area contributed by atoms with Crippen LogP contribution >= 0.6 is 0 Å². The molecule has 0 bridgehead atoms. The summed E-state index contributed by atoms with van der Waals surface area (Å²) >= 11 is 0. The van der Waals surface area contributed by atoms with E-state index in [2.05, 4.69) is 10.6 Å². The molecule has 3 atom stereocenters. The van der Waals surface area contributed by atoms with Crippen LogP contribution in [0.2, 0.25) is 0 Å². The number of cyclic esters (lactones) is 2. The maximum Gasteiger partial charge on any atom is 0.408 e. The third kappa shape index (κ3) is 7.23. The van der Waals surface area contributed by atoms with Crippen molar-refractivity contribution < 1.29 is 33.4 Å². The Morgan fingerprint density at radius 3 is 2.38 bits per heavy atom. The number of nitrogens with zero attached hydrogens (tertiary/aromatic N) is 1. The Bertz CT molecular complexity index is 916. The van der Waals surface area contributed by atoms with Crippen LogP contribution in [0.1, 0.15) is 39.3 Å². The third-order valence-corrected chi connectivity index (χ3v) is 5.38. The lowest BCUT2D eigenvalue weighted by molar-refractivity contribution is -0.148. The Kier molecular flexibility index (Phi) is 9.91. The van der Waals surface area contributed by atoms with Gasteiger partial charge in [0.25, 0.3) is 0 Å². The molecule has 0 spiro atoms. The van der Waals surface area contributed by atoms with Crippen LogP contribution in [0, 0.1) is 5.92 Å². The predicted molar refractivity (Wildman–Crippen MR) is 124 cm³/mol. The summed E-state index contributed by atoms with van der Waals surface area (Å²) in [5.41, 5.74) is 0.736. The first kappa shape index (κ1) is 26.7. The molecule has 1 heterocycles. The summed E-state index contributed by atoms with van der Waals surface area (Å²) in [5.74, 6) is -1.33. The van der Waals surface area contributed by atoms with Gasteiger partial charge in [0.05, 0.1) is 13.2 Å². The van der Waals surface area contributed by atoms with Gasteiger partial charge in [0.15, 0.2) is 0 Å². The zero-order chi connectivity index (χ0) is 25.3. The van der Waals surface area contributed by atoms with Crippen LogP contribution in [-0.2, 0) is 23.9 Å². The van der Waals surface area contributed by atoms with Gasteiger partial charge in [0, 0.05) is 0 Å². The molecule has 2 rings (SSSR count). The fourth-order valence-corrected chi connectivity index (χ4v) is 3.60. The number of carbonyl (C=O) groups is 4. The largest absolute Gasteiger partial charge is 0.497 e. The molecule has 3 amide bonds. The minimum atomic E-state index is -0.976. The highest BCUT2D eigenvalue weighted by Gasteiger charge is 2.38. The van der Waals surface area contributed by atoms with Crippen molar-refractivity contribution in [3.8, 4) is 5.75 Å². The van der Waals surface area contributed by atoms with Gasteiger partial charge in [-0.2, -0.15) is 0 Å². The van der Waals surface area contributed by atoms with E-state index in [1.54, 1.807) is 39.0 Å². The number of hydrogen-bond donors (Lipinski definition) is 2. The molecule has 0 unspecified atom stereocenters. The molecule has 1 aromatic carbocycles. The first-order chi connectivity index (χ1) is 16.1. The van der Waals surface area contributed by atoms with Crippen LogP contribution in [0.15, 0.2) is 36.4 Å². The lowest BCUT2D eigenvalue weighted by Gasteiger charge is -2.39. The van der Waals surface area contributed by atoms with Crippen LogP contribution in [0.3, 0.4) is 0 Å². The van der Waals surface area contributed by atoms with Crippen molar-refractivity contribution in [1.29, 1.82) is 0 Å². The van der Waals surface area contributed by atoms with Crippen molar-refractivity contribution in [2.45, 2.75) is 45.8 Å². The molecule has 1 aromatic rings. The van der Waals surface area contributed by atoms with E-state index >= 15 is 0 Å². The number of carbonyl (C=O) groups excluding carboxylic acids is 4. The van der Waals surface area contributed by atoms with Crippen molar-refractivity contribution in [2.75, 3.05) is 26.9 Å². The van der Waals surface area contributed by atoms with Gasteiger partial charge in [-0.3, -0.25) is 14.4 Å². The fraction of sp³-hybridized carbons (Fsp3) is 0.500. The number of methoxy groups -OCH3 is 1. The molecule has 0 saturated carbocycles. The normalized spacial score (nSPS) is 22.8. The van der Waals surface area contributed by atoms with E-state index < -0.39 is 42.0 Å². The van der Waals surface area contributed by atoms with E-state index in [-0.39, 0.29) is 25.7 Å². The second-order valence-corrected chi connectivity index (χ2v) is 8.22. The summed E-state index contributed by atoms with van der Waals surface area (Å²) in [7, 11) is 1.54. The van der Waals surface area contributed by atoms with Crippen molar-refractivity contribution in [2.24, 2.45) is 5.92 Å². The number of benzene rings is 1. The van der Waals surface area contributed by atoms with E-state index in [9.17, 15) is 19.2 Å². The standard InChI is InChI=1S/C24H33N3O7/c1-15(2)21-22(29)25-14-20(28)33-11-6-7-12-34-24(31)26-16(3)23(30)27(21)17(4)18-9-8-10-19(13-18)32-5/h6-10,13,15-17,21H,11-12,14H2,1-5H3,(H,25,29)(H,26,31)/b7-6-/t16-,17-,21-/m0/s1. The monoisotopic (exact) mass is 475 g/mol. The second-order valence-electron chi connectivity index (χ2n) is 8.22. The zero-order valence-corrected chi connectivity index (χ0v) is 20.2. The Labute approximate surface area is 199 Å². The van der Waals surface area contributed by atoms with E-state index in [4.69, 9.17) is 14.2 Å². The molecule has 0 aliphatic carbocycles. The van der Waals surface area contributed by atoms with Crippen LogP contribution in [0.5, 0.6) is 5.75 Å². The topological polar surface area (TPSA) is 123 Å². The Hall–Kier alpha value is -3.56. The number of amides is 3. The van der Waals surface area contributed by atoms with Crippen LogP contribution in [-0.4, -0.2) is 67.7 Å². The molecule has 0 aromatic heterocycles. The predicted octanol–water partition coefficient (Wildman–Crippen LogP) is 1.95. The van der Waals surface area contributed by atoms with Crippen molar-refractivity contribution in [3.05, 3.63) is 42.0 Å². The number of ether oxygens (including phenoxy) is 3. The van der Waals surface area contributed by atoms with Crippen LogP contribution < -0.4 is 15.4 Å². The number of hydrogen-bond acceptors (Lipinski definition) is 7. The first-order valence-electron chi connectivity index (χ1n) is 11.1. The molecule has 0 radical (unpaired) electrons. The van der Waals surface area contributed by atoms with E-state index in [0.717, 1.165) is 5.56 Å². The minimum absolute atomic E-state index is 0.0266. The summed E-state index contributed by atoms with van der Waals surface area (Å²) in [5, 5.41) is 5.10. The zero-order valence-electron chi connectivity index (χ0n) is 20.2. The van der Waals surface area contributed by atoms with Gasteiger partial charge in [0.1, 0.15) is 37.6 Å². The van der Waals surface area contributed by atoms with Crippen LogP contribution in [0.25, 0.3) is 0 Å². The maximum absolute atomic E-state index is 13.6. The fourth-order valence-electron chi connectivity index (χ4n) is 3.60. The third-order valence-electron chi connectivity index (χ3n) is 5.38. The van der Waals surface area contributed by atoms with Gasteiger partial charge in [0.2, 0.25) is 11.8 Å². The molecule has 10 heteroatoms. The Balaban J connectivity index is 2.47. The molecule has 0 saturated heterocycles. The lowest BCUT2D eigenvalue weighted by atomic mass is 9.96. The van der Waals surface area contributed by atoms with Gasteiger partial charge >= 0.3 is 12.1 Å². The summed E-state index contributed by atoms with van der Waals surface area (Å²) in [6.45, 7) is 6.50. The molecule has 1 aliphatic rings. The second kappa shape index (κ2) is 12.6. The van der Waals surface area contributed by atoms with E-state index in [0.29, 0.717) is 5.75 Å². The molecular formula is C24H33N3O7. The highest BCUT2D eigenvalue weighted by molar-refractivity contribution is 5.92. The van der Waals surface area contributed by atoms with E-state index in [1.165, 1.54) is 31.1 Å². The Morgan fingerprint density at radius 2 is 1.74 bits per heavy atom. The molecule has 186 valence electrons. The molecule has 0 fully saturated rings. The van der Waals surface area contributed by atoms with Crippen LogP contribution in [0.4, 0.5) is 4.79 Å².